The Balaban J connectivity index is 2.46. The van der Waals surface area contributed by atoms with Crippen molar-refractivity contribution in [3.8, 4) is 11.3 Å². The monoisotopic (exact) mass is 232 g/mol. The van der Waals surface area contributed by atoms with Crippen LogP contribution in [0.4, 0.5) is 0 Å². The molecule has 0 aromatic carbocycles. The lowest BCUT2D eigenvalue weighted by atomic mass is 10.1. The standard InChI is InChI=1S/C13H12O4/c1-3-10-7-11(13(14)16-4-2)12(17-10)9-5-6-15-8-9/h3,5-8H,1,4H2,2H3. The maximum absolute atomic E-state index is 11.7. The van der Waals surface area contributed by atoms with Gasteiger partial charge in [0, 0.05) is 0 Å². The Morgan fingerprint density at radius 3 is 3.00 bits per heavy atom. The number of rotatable bonds is 4. The summed E-state index contributed by atoms with van der Waals surface area (Å²) in [6.07, 6.45) is 4.56. The number of carbonyl (C=O) groups is 1. The van der Waals surface area contributed by atoms with Gasteiger partial charge in [0.2, 0.25) is 0 Å². The maximum atomic E-state index is 11.7. The first kappa shape index (κ1) is 11.3. The van der Waals surface area contributed by atoms with Crippen molar-refractivity contribution in [1.29, 1.82) is 0 Å². The van der Waals surface area contributed by atoms with Gasteiger partial charge in [-0.2, -0.15) is 0 Å². The predicted octanol–water partition coefficient (Wildman–Crippen LogP) is 3.36. The topological polar surface area (TPSA) is 52.6 Å². The third kappa shape index (κ3) is 2.15. The molecule has 0 aliphatic heterocycles. The van der Waals surface area contributed by atoms with Crippen molar-refractivity contribution in [3.63, 3.8) is 0 Å². The number of carbonyl (C=O) groups excluding carboxylic acids is 1. The molecule has 0 atom stereocenters. The molecule has 0 saturated heterocycles. The molecule has 2 aromatic rings. The van der Waals surface area contributed by atoms with E-state index < -0.39 is 5.97 Å². The third-order valence-electron chi connectivity index (χ3n) is 2.23. The van der Waals surface area contributed by atoms with E-state index in [-0.39, 0.29) is 0 Å². The Kier molecular flexibility index (Phi) is 3.14. The molecule has 4 heteroatoms. The molecule has 2 aromatic heterocycles. The molecule has 0 bridgehead atoms. The van der Waals surface area contributed by atoms with Crippen molar-refractivity contribution in [1.82, 2.24) is 0 Å². The van der Waals surface area contributed by atoms with Gasteiger partial charge in [0.25, 0.3) is 0 Å². The van der Waals surface area contributed by atoms with Gasteiger partial charge in [-0.15, -0.1) is 0 Å². The van der Waals surface area contributed by atoms with Crippen molar-refractivity contribution in [2.75, 3.05) is 6.61 Å². The van der Waals surface area contributed by atoms with Crippen molar-refractivity contribution < 1.29 is 18.4 Å². The fourth-order valence-corrected chi connectivity index (χ4v) is 1.48. The quantitative estimate of drug-likeness (QED) is 0.758. The van der Waals surface area contributed by atoms with E-state index >= 15 is 0 Å². The molecule has 0 amide bonds. The number of hydrogen-bond acceptors (Lipinski definition) is 4. The van der Waals surface area contributed by atoms with Gasteiger partial charge >= 0.3 is 5.97 Å². The minimum Gasteiger partial charge on any atom is -0.472 e. The van der Waals surface area contributed by atoms with E-state index in [4.69, 9.17) is 13.6 Å². The van der Waals surface area contributed by atoms with Gasteiger partial charge in [-0.25, -0.2) is 4.79 Å². The molecule has 0 saturated carbocycles. The van der Waals surface area contributed by atoms with Gasteiger partial charge in [-0.1, -0.05) is 6.58 Å². The minimum atomic E-state index is -0.416. The second-order valence-corrected chi connectivity index (χ2v) is 3.33. The van der Waals surface area contributed by atoms with E-state index in [9.17, 15) is 4.79 Å². The zero-order valence-electron chi connectivity index (χ0n) is 9.43. The molecule has 88 valence electrons. The van der Waals surface area contributed by atoms with E-state index in [2.05, 4.69) is 6.58 Å². The number of esters is 1. The van der Waals surface area contributed by atoms with Crippen LogP contribution in [-0.4, -0.2) is 12.6 Å². The van der Waals surface area contributed by atoms with Crippen LogP contribution in [0.2, 0.25) is 0 Å². The van der Waals surface area contributed by atoms with E-state index in [0.717, 1.165) is 0 Å². The molecule has 2 rings (SSSR count). The molecule has 2 heterocycles. The fourth-order valence-electron chi connectivity index (χ4n) is 1.48. The van der Waals surface area contributed by atoms with Crippen molar-refractivity contribution >= 4 is 12.0 Å². The molecule has 0 N–H and O–H groups in total. The number of ether oxygens (including phenoxy) is 1. The van der Waals surface area contributed by atoms with Crippen LogP contribution in [0.5, 0.6) is 0 Å². The molecular weight excluding hydrogens is 220 g/mol. The smallest absolute Gasteiger partial charge is 0.342 e. The Bertz CT molecular complexity index is 520. The van der Waals surface area contributed by atoms with Crippen LogP contribution in [0.25, 0.3) is 17.4 Å². The van der Waals surface area contributed by atoms with Crippen molar-refractivity contribution in [2.45, 2.75) is 6.92 Å². The van der Waals surface area contributed by atoms with Crippen LogP contribution >= 0.6 is 0 Å². The van der Waals surface area contributed by atoms with Crippen LogP contribution < -0.4 is 0 Å². The van der Waals surface area contributed by atoms with Gasteiger partial charge in [0.05, 0.1) is 18.4 Å². The summed E-state index contributed by atoms with van der Waals surface area (Å²) in [7, 11) is 0. The van der Waals surface area contributed by atoms with E-state index in [1.807, 2.05) is 0 Å². The van der Waals surface area contributed by atoms with Crippen molar-refractivity contribution in [3.05, 3.63) is 42.6 Å². The third-order valence-corrected chi connectivity index (χ3v) is 2.23. The van der Waals surface area contributed by atoms with Gasteiger partial charge < -0.3 is 13.6 Å². The summed E-state index contributed by atoms with van der Waals surface area (Å²) in [5.41, 5.74) is 1.07. The van der Waals surface area contributed by atoms with Crippen LogP contribution in [-0.2, 0) is 4.74 Å². The number of furan rings is 2. The van der Waals surface area contributed by atoms with Crippen LogP contribution in [0, 0.1) is 0 Å². The zero-order valence-corrected chi connectivity index (χ0v) is 9.43. The predicted molar refractivity (Wildman–Crippen MR) is 62.5 cm³/mol. The highest BCUT2D eigenvalue weighted by molar-refractivity contribution is 5.96. The van der Waals surface area contributed by atoms with Crippen LogP contribution in [0.1, 0.15) is 23.0 Å². The highest BCUT2D eigenvalue weighted by Crippen LogP contribution is 2.28. The normalized spacial score (nSPS) is 10.2. The molecule has 0 fully saturated rings. The average Bonchev–Trinajstić information content (AvgIpc) is 2.98. The summed E-state index contributed by atoms with van der Waals surface area (Å²) in [4.78, 5) is 11.7. The first-order valence-electron chi connectivity index (χ1n) is 5.22. The lowest BCUT2D eigenvalue weighted by Gasteiger charge is -2.00. The molecular formula is C13H12O4. The fraction of sp³-hybridized carbons (Fsp3) is 0.154. The summed E-state index contributed by atoms with van der Waals surface area (Å²) in [6.45, 7) is 5.67. The summed E-state index contributed by atoms with van der Waals surface area (Å²) in [5, 5.41) is 0. The van der Waals surface area contributed by atoms with E-state index in [1.165, 1.54) is 18.6 Å². The molecule has 0 spiro atoms. The molecule has 0 aliphatic carbocycles. The van der Waals surface area contributed by atoms with Gasteiger partial charge in [0.15, 0.2) is 5.76 Å². The second-order valence-electron chi connectivity index (χ2n) is 3.33. The largest absolute Gasteiger partial charge is 0.472 e. The minimum absolute atomic E-state index is 0.318. The lowest BCUT2D eigenvalue weighted by Crippen LogP contribution is -2.04. The van der Waals surface area contributed by atoms with Gasteiger partial charge in [-0.05, 0) is 25.1 Å². The van der Waals surface area contributed by atoms with Gasteiger partial charge in [-0.3, -0.25) is 0 Å². The summed E-state index contributed by atoms with van der Waals surface area (Å²) in [6, 6.07) is 3.32. The molecule has 0 radical (unpaired) electrons. The molecule has 0 aliphatic rings. The maximum Gasteiger partial charge on any atom is 0.342 e. The Morgan fingerprint density at radius 2 is 2.41 bits per heavy atom. The van der Waals surface area contributed by atoms with Gasteiger partial charge in [0.1, 0.15) is 17.6 Å². The SMILES string of the molecule is C=Cc1cc(C(=O)OCC)c(-c2ccoc2)o1. The van der Waals surface area contributed by atoms with Crippen molar-refractivity contribution in [2.24, 2.45) is 0 Å². The van der Waals surface area contributed by atoms with Crippen LogP contribution in [0.15, 0.2) is 40.1 Å². The Labute approximate surface area is 98.5 Å². The second kappa shape index (κ2) is 4.74. The van der Waals surface area contributed by atoms with Crippen LogP contribution in [0.3, 0.4) is 0 Å². The first-order chi connectivity index (χ1) is 8.26. The summed E-state index contributed by atoms with van der Waals surface area (Å²) in [5.74, 6) is 0.539. The lowest BCUT2D eigenvalue weighted by molar-refractivity contribution is 0.0527. The highest BCUT2D eigenvalue weighted by Gasteiger charge is 2.20. The zero-order chi connectivity index (χ0) is 12.3. The molecule has 17 heavy (non-hydrogen) atoms. The molecule has 0 unspecified atom stereocenters. The van der Waals surface area contributed by atoms with E-state index in [0.29, 0.717) is 29.3 Å². The highest BCUT2D eigenvalue weighted by atomic mass is 16.5. The summed E-state index contributed by atoms with van der Waals surface area (Å²) < 4.78 is 15.4. The Morgan fingerprint density at radius 1 is 1.59 bits per heavy atom. The average molecular weight is 232 g/mol. The van der Waals surface area contributed by atoms with E-state index in [1.54, 1.807) is 19.1 Å². The molecule has 4 nitrogen and oxygen atoms in total. The summed E-state index contributed by atoms with van der Waals surface area (Å²) >= 11 is 0. The number of hydrogen-bond donors (Lipinski definition) is 0. The Hall–Kier alpha value is -2.23. The first-order valence-corrected chi connectivity index (χ1v) is 5.22.